The molecule has 1 N–H and O–H groups in total. The SMILES string of the molecule is COc1ccc(C)cc1-c1ccc(NCC#N)nn1. The Hall–Kier alpha value is -2.61. The molecule has 0 aliphatic heterocycles. The summed E-state index contributed by atoms with van der Waals surface area (Å²) in [6.07, 6.45) is 0. The van der Waals surface area contributed by atoms with Gasteiger partial charge in [-0.25, -0.2) is 0 Å². The van der Waals surface area contributed by atoms with Gasteiger partial charge in [0.25, 0.3) is 0 Å². The van der Waals surface area contributed by atoms with E-state index in [2.05, 4.69) is 15.5 Å². The number of aryl methyl sites for hydroxylation is 1. The lowest BCUT2D eigenvalue weighted by Gasteiger charge is -2.09. The van der Waals surface area contributed by atoms with Gasteiger partial charge in [0.1, 0.15) is 18.1 Å². The minimum Gasteiger partial charge on any atom is -0.496 e. The number of aromatic nitrogens is 2. The van der Waals surface area contributed by atoms with E-state index >= 15 is 0 Å². The molecule has 0 saturated heterocycles. The summed E-state index contributed by atoms with van der Waals surface area (Å²) in [6.45, 7) is 2.22. The molecule has 1 aromatic carbocycles. The van der Waals surface area contributed by atoms with E-state index in [4.69, 9.17) is 10.00 Å². The van der Waals surface area contributed by atoms with E-state index in [0.29, 0.717) is 5.82 Å². The fraction of sp³-hybridized carbons (Fsp3) is 0.214. The predicted molar refractivity (Wildman–Crippen MR) is 72.9 cm³/mol. The molecule has 0 bridgehead atoms. The predicted octanol–water partition coefficient (Wildman–Crippen LogP) is 2.40. The zero-order chi connectivity index (χ0) is 13.7. The van der Waals surface area contributed by atoms with Crippen LogP contribution in [0.15, 0.2) is 30.3 Å². The maximum Gasteiger partial charge on any atom is 0.149 e. The summed E-state index contributed by atoms with van der Waals surface area (Å²) in [5.74, 6) is 1.34. The molecule has 2 aromatic rings. The molecule has 0 fully saturated rings. The van der Waals surface area contributed by atoms with Crippen LogP contribution in [-0.2, 0) is 0 Å². The second kappa shape index (κ2) is 5.83. The molecule has 2 rings (SSSR count). The molecule has 0 saturated carbocycles. The Labute approximate surface area is 111 Å². The van der Waals surface area contributed by atoms with Gasteiger partial charge in [-0.2, -0.15) is 5.26 Å². The average Bonchev–Trinajstić information content (AvgIpc) is 2.45. The van der Waals surface area contributed by atoms with Crippen molar-refractivity contribution in [1.82, 2.24) is 10.2 Å². The maximum absolute atomic E-state index is 8.48. The highest BCUT2D eigenvalue weighted by Crippen LogP contribution is 2.29. The standard InChI is InChI=1S/C14H14N4O/c1-10-3-5-13(19-2)11(9-10)12-4-6-14(18-17-12)16-8-7-15/h3-6,9H,8H2,1-2H3,(H,16,18). The monoisotopic (exact) mass is 254 g/mol. The number of ether oxygens (including phenoxy) is 1. The van der Waals surface area contributed by atoms with Gasteiger partial charge < -0.3 is 10.1 Å². The number of rotatable bonds is 4. The quantitative estimate of drug-likeness (QED) is 0.848. The van der Waals surface area contributed by atoms with Gasteiger partial charge in [-0.05, 0) is 31.2 Å². The first kappa shape index (κ1) is 12.8. The van der Waals surface area contributed by atoms with E-state index in [-0.39, 0.29) is 6.54 Å². The Balaban J connectivity index is 2.32. The fourth-order valence-corrected chi connectivity index (χ4v) is 1.72. The van der Waals surface area contributed by atoms with Gasteiger partial charge in [0.05, 0.1) is 18.9 Å². The van der Waals surface area contributed by atoms with Gasteiger partial charge in [0.2, 0.25) is 0 Å². The molecule has 0 atom stereocenters. The highest BCUT2D eigenvalue weighted by atomic mass is 16.5. The van der Waals surface area contributed by atoms with Crippen LogP contribution in [0.25, 0.3) is 11.3 Å². The Morgan fingerprint density at radius 3 is 2.74 bits per heavy atom. The second-order valence-electron chi connectivity index (χ2n) is 4.02. The third kappa shape index (κ3) is 2.99. The summed E-state index contributed by atoms with van der Waals surface area (Å²) < 4.78 is 5.32. The van der Waals surface area contributed by atoms with Crippen LogP contribution in [0, 0.1) is 18.3 Å². The van der Waals surface area contributed by atoms with Gasteiger partial charge >= 0.3 is 0 Å². The van der Waals surface area contributed by atoms with Gasteiger partial charge in [-0.15, -0.1) is 10.2 Å². The van der Waals surface area contributed by atoms with Crippen LogP contribution >= 0.6 is 0 Å². The highest BCUT2D eigenvalue weighted by molar-refractivity contribution is 5.68. The van der Waals surface area contributed by atoms with Crippen molar-refractivity contribution >= 4 is 5.82 Å². The fourth-order valence-electron chi connectivity index (χ4n) is 1.72. The summed E-state index contributed by atoms with van der Waals surface area (Å²) in [5, 5.41) is 19.5. The zero-order valence-corrected chi connectivity index (χ0v) is 10.8. The van der Waals surface area contributed by atoms with Crippen molar-refractivity contribution in [3.63, 3.8) is 0 Å². The summed E-state index contributed by atoms with van der Waals surface area (Å²) >= 11 is 0. The summed E-state index contributed by atoms with van der Waals surface area (Å²) in [6, 6.07) is 11.5. The van der Waals surface area contributed by atoms with E-state index < -0.39 is 0 Å². The Morgan fingerprint density at radius 1 is 1.26 bits per heavy atom. The van der Waals surface area contributed by atoms with Gasteiger partial charge in [0.15, 0.2) is 0 Å². The minimum atomic E-state index is 0.210. The van der Waals surface area contributed by atoms with E-state index in [0.717, 1.165) is 22.6 Å². The average molecular weight is 254 g/mol. The Morgan fingerprint density at radius 2 is 2.11 bits per heavy atom. The number of nitrogens with one attached hydrogen (secondary N) is 1. The third-order valence-corrected chi connectivity index (χ3v) is 2.64. The van der Waals surface area contributed by atoms with Crippen LogP contribution < -0.4 is 10.1 Å². The summed E-state index contributed by atoms with van der Waals surface area (Å²) in [7, 11) is 1.63. The molecule has 96 valence electrons. The van der Waals surface area contributed by atoms with Crippen molar-refractivity contribution in [2.24, 2.45) is 0 Å². The minimum absolute atomic E-state index is 0.210. The topological polar surface area (TPSA) is 70.8 Å². The van der Waals surface area contributed by atoms with E-state index in [1.807, 2.05) is 37.3 Å². The number of anilines is 1. The molecule has 1 heterocycles. The third-order valence-electron chi connectivity index (χ3n) is 2.64. The number of nitriles is 1. The molecule has 0 amide bonds. The molecule has 5 nitrogen and oxygen atoms in total. The van der Waals surface area contributed by atoms with Gasteiger partial charge in [-0.3, -0.25) is 0 Å². The van der Waals surface area contributed by atoms with Crippen molar-refractivity contribution < 1.29 is 4.74 Å². The second-order valence-corrected chi connectivity index (χ2v) is 4.02. The molecular weight excluding hydrogens is 240 g/mol. The van der Waals surface area contributed by atoms with Gasteiger partial charge in [0, 0.05) is 5.56 Å². The highest BCUT2D eigenvalue weighted by Gasteiger charge is 2.08. The van der Waals surface area contributed by atoms with Crippen molar-refractivity contribution in [2.45, 2.75) is 6.92 Å². The van der Waals surface area contributed by atoms with E-state index in [1.165, 1.54) is 0 Å². The van der Waals surface area contributed by atoms with Crippen molar-refractivity contribution in [3.8, 4) is 23.1 Å². The lowest BCUT2D eigenvalue weighted by atomic mass is 10.1. The molecular formula is C14H14N4O. The van der Waals surface area contributed by atoms with Crippen molar-refractivity contribution in [3.05, 3.63) is 35.9 Å². The maximum atomic E-state index is 8.48. The number of methoxy groups -OCH3 is 1. The Kier molecular flexibility index (Phi) is 3.94. The number of nitrogens with zero attached hydrogens (tertiary/aromatic N) is 3. The molecule has 5 heteroatoms. The Bertz CT molecular complexity index is 602. The number of benzene rings is 1. The summed E-state index contributed by atoms with van der Waals surface area (Å²) in [5.41, 5.74) is 2.77. The van der Waals surface area contributed by atoms with Gasteiger partial charge in [-0.1, -0.05) is 11.6 Å². The van der Waals surface area contributed by atoms with Crippen LogP contribution in [0.2, 0.25) is 0 Å². The first-order valence-electron chi connectivity index (χ1n) is 5.84. The van der Waals surface area contributed by atoms with Crippen LogP contribution in [0.5, 0.6) is 5.75 Å². The molecule has 0 unspecified atom stereocenters. The van der Waals surface area contributed by atoms with E-state index in [9.17, 15) is 0 Å². The van der Waals surface area contributed by atoms with Crippen LogP contribution in [0.1, 0.15) is 5.56 Å². The molecule has 19 heavy (non-hydrogen) atoms. The molecule has 0 aliphatic carbocycles. The van der Waals surface area contributed by atoms with Crippen molar-refractivity contribution in [2.75, 3.05) is 19.0 Å². The molecule has 0 aliphatic rings. The molecule has 0 spiro atoms. The normalized spacial score (nSPS) is 9.74. The lowest BCUT2D eigenvalue weighted by molar-refractivity contribution is 0.416. The molecule has 1 aromatic heterocycles. The zero-order valence-electron chi connectivity index (χ0n) is 10.8. The molecule has 0 radical (unpaired) electrons. The van der Waals surface area contributed by atoms with Crippen molar-refractivity contribution in [1.29, 1.82) is 5.26 Å². The lowest BCUT2D eigenvalue weighted by Crippen LogP contribution is -2.02. The number of hydrogen-bond donors (Lipinski definition) is 1. The van der Waals surface area contributed by atoms with Crippen LogP contribution in [0.4, 0.5) is 5.82 Å². The van der Waals surface area contributed by atoms with Crippen LogP contribution in [-0.4, -0.2) is 23.9 Å². The first-order chi connectivity index (χ1) is 9.24. The van der Waals surface area contributed by atoms with E-state index in [1.54, 1.807) is 13.2 Å². The largest absolute Gasteiger partial charge is 0.496 e. The van der Waals surface area contributed by atoms with Crippen LogP contribution in [0.3, 0.4) is 0 Å². The number of hydrogen-bond acceptors (Lipinski definition) is 5. The first-order valence-corrected chi connectivity index (χ1v) is 5.84. The summed E-state index contributed by atoms with van der Waals surface area (Å²) in [4.78, 5) is 0. The smallest absolute Gasteiger partial charge is 0.149 e.